The Kier molecular flexibility index (Phi) is 7.22. The molecule has 0 saturated heterocycles. The zero-order valence-corrected chi connectivity index (χ0v) is 19.1. The molecule has 1 heterocycles. The van der Waals surface area contributed by atoms with Crippen LogP contribution in [0.5, 0.6) is 11.5 Å². The molecule has 1 aliphatic heterocycles. The largest absolute Gasteiger partial charge is 0.497 e. The van der Waals surface area contributed by atoms with E-state index >= 15 is 0 Å². The molecule has 0 bridgehead atoms. The Morgan fingerprint density at radius 1 is 0.971 bits per heavy atom. The summed E-state index contributed by atoms with van der Waals surface area (Å²) in [6.45, 7) is 1.82. The number of nitrogens with zero attached hydrogens (tertiary/aromatic N) is 2. The van der Waals surface area contributed by atoms with E-state index in [1.165, 1.54) is 5.01 Å². The summed E-state index contributed by atoms with van der Waals surface area (Å²) >= 11 is 0. The first-order valence-electron chi connectivity index (χ1n) is 11.1. The van der Waals surface area contributed by atoms with Gasteiger partial charge in [-0.2, -0.15) is 5.10 Å². The van der Waals surface area contributed by atoms with E-state index < -0.39 is 12.0 Å². The van der Waals surface area contributed by atoms with Crippen molar-refractivity contribution >= 4 is 17.6 Å². The Morgan fingerprint density at radius 2 is 1.68 bits per heavy atom. The maximum Gasteiger partial charge on any atom is 0.344 e. The standard InChI is InChI=1S/C27H26N2O5/c1-3-33-26(30)18-34-25-12-8-7-11-22(25)24-17-23(19-13-15-21(32-2)16-14-19)28-29(24)27(31)20-9-5-4-6-10-20/h4-16,24H,3,17-18H2,1-2H3. The molecule has 174 valence electrons. The number of carbonyl (C=O) groups excluding carboxylic acids is 2. The van der Waals surface area contributed by atoms with Crippen LogP contribution in [0.15, 0.2) is 84.0 Å². The van der Waals surface area contributed by atoms with E-state index in [1.54, 1.807) is 32.2 Å². The van der Waals surface area contributed by atoms with Gasteiger partial charge < -0.3 is 14.2 Å². The van der Waals surface area contributed by atoms with Gasteiger partial charge in [-0.15, -0.1) is 0 Å². The zero-order valence-electron chi connectivity index (χ0n) is 19.1. The minimum atomic E-state index is -0.448. The van der Waals surface area contributed by atoms with Crippen LogP contribution < -0.4 is 9.47 Å². The first-order chi connectivity index (χ1) is 16.6. The van der Waals surface area contributed by atoms with Crippen molar-refractivity contribution in [2.45, 2.75) is 19.4 Å². The molecule has 0 spiro atoms. The summed E-state index contributed by atoms with van der Waals surface area (Å²) in [7, 11) is 1.62. The molecule has 3 aromatic rings. The minimum Gasteiger partial charge on any atom is -0.497 e. The highest BCUT2D eigenvalue weighted by molar-refractivity contribution is 6.05. The Balaban J connectivity index is 1.68. The molecule has 0 N–H and O–H groups in total. The van der Waals surface area contributed by atoms with Gasteiger partial charge in [0.25, 0.3) is 5.91 Å². The maximum absolute atomic E-state index is 13.5. The van der Waals surface area contributed by atoms with Gasteiger partial charge in [-0.3, -0.25) is 4.79 Å². The SMILES string of the molecule is CCOC(=O)COc1ccccc1C1CC(c2ccc(OC)cc2)=NN1C(=O)c1ccccc1. The molecule has 0 aromatic heterocycles. The smallest absolute Gasteiger partial charge is 0.344 e. The molecular formula is C27H26N2O5. The molecule has 1 aliphatic rings. The molecule has 0 fully saturated rings. The van der Waals surface area contributed by atoms with Gasteiger partial charge in [-0.05, 0) is 55.0 Å². The number of ether oxygens (including phenoxy) is 3. The van der Waals surface area contributed by atoms with Crippen LogP contribution in [0.1, 0.15) is 40.9 Å². The van der Waals surface area contributed by atoms with Crippen LogP contribution in [0.2, 0.25) is 0 Å². The number of hydrogen-bond acceptors (Lipinski definition) is 6. The van der Waals surface area contributed by atoms with E-state index in [0.29, 0.717) is 17.7 Å². The highest BCUT2D eigenvalue weighted by Gasteiger charge is 2.35. The Bertz CT molecular complexity index is 1180. The van der Waals surface area contributed by atoms with Gasteiger partial charge in [0.1, 0.15) is 11.5 Å². The Hall–Kier alpha value is -4.13. The fourth-order valence-electron chi connectivity index (χ4n) is 3.84. The molecule has 34 heavy (non-hydrogen) atoms. The molecule has 1 atom stereocenters. The Labute approximate surface area is 198 Å². The second-order valence-corrected chi connectivity index (χ2v) is 7.64. The van der Waals surface area contributed by atoms with Gasteiger partial charge in [-0.1, -0.05) is 36.4 Å². The summed E-state index contributed by atoms with van der Waals surface area (Å²) in [6.07, 6.45) is 0.491. The molecule has 0 radical (unpaired) electrons. The third-order valence-electron chi connectivity index (χ3n) is 5.49. The van der Waals surface area contributed by atoms with Gasteiger partial charge in [-0.25, -0.2) is 9.80 Å². The van der Waals surface area contributed by atoms with Crippen molar-refractivity contribution in [1.29, 1.82) is 0 Å². The van der Waals surface area contributed by atoms with Crippen LogP contribution in [0.3, 0.4) is 0 Å². The molecule has 3 aromatic carbocycles. The predicted octanol–water partition coefficient (Wildman–Crippen LogP) is 4.63. The summed E-state index contributed by atoms with van der Waals surface area (Å²) < 4.78 is 16.0. The van der Waals surface area contributed by atoms with Crippen molar-refractivity contribution in [2.75, 3.05) is 20.3 Å². The maximum atomic E-state index is 13.5. The highest BCUT2D eigenvalue weighted by atomic mass is 16.6. The fourth-order valence-corrected chi connectivity index (χ4v) is 3.84. The summed E-state index contributed by atoms with van der Waals surface area (Å²) in [5, 5.41) is 6.23. The van der Waals surface area contributed by atoms with Crippen molar-refractivity contribution in [3.05, 3.63) is 95.6 Å². The molecule has 1 amide bonds. The molecule has 0 saturated carbocycles. The van der Waals surface area contributed by atoms with Crippen LogP contribution in [0, 0.1) is 0 Å². The lowest BCUT2D eigenvalue weighted by atomic mass is 9.97. The van der Waals surface area contributed by atoms with E-state index in [0.717, 1.165) is 22.6 Å². The average Bonchev–Trinajstić information content (AvgIpc) is 3.33. The highest BCUT2D eigenvalue weighted by Crippen LogP contribution is 2.38. The van der Waals surface area contributed by atoms with Crippen molar-refractivity contribution in [3.8, 4) is 11.5 Å². The fraction of sp³-hybridized carbons (Fsp3) is 0.222. The molecule has 0 aliphatic carbocycles. The number of hydrogen-bond donors (Lipinski definition) is 0. The van der Waals surface area contributed by atoms with Crippen LogP contribution in [0.25, 0.3) is 0 Å². The van der Waals surface area contributed by atoms with E-state index in [1.807, 2.05) is 60.7 Å². The lowest BCUT2D eigenvalue weighted by molar-refractivity contribution is -0.145. The molecule has 7 nitrogen and oxygen atoms in total. The lowest BCUT2D eigenvalue weighted by Crippen LogP contribution is -2.27. The molecule has 4 rings (SSSR count). The first kappa shape index (κ1) is 23.0. The van der Waals surface area contributed by atoms with Crippen LogP contribution >= 0.6 is 0 Å². The van der Waals surface area contributed by atoms with E-state index in [9.17, 15) is 9.59 Å². The van der Waals surface area contributed by atoms with Crippen molar-refractivity contribution in [2.24, 2.45) is 5.10 Å². The number of carbonyl (C=O) groups is 2. The number of methoxy groups -OCH3 is 1. The molecular weight excluding hydrogens is 432 g/mol. The van der Waals surface area contributed by atoms with Crippen LogP contribution in [0.4, 0.5) is 0 Å². The first-order valence-corrected chi connectivity index (χ1v) is 11.1. The zero-order chi connectivity index (χ0) is 23.9. The van der Waals surface area contributed by atoms with Gasteiger partial charge in [0.2, 0.25) is 0 Å². The van der Waals surface area contributed by atoms with Gasteiger partial charge >= 0.3 is 5.97 Å². The topological polar surface area (TPSA) is 77.4 Å². The minimum absolute atomic E-state index is 0.212. The summed E-state index contributed by atoms with van der Waals surface area (Å²) in [5.41, 5.74) is 2.98. The summed E-state index contributed by atoms with van der Waals surface area (Å²) in [5.74, 6) is 0.594. The van der Waals surface area contributed by atoms with Crippen molar-refractivity contribution < 1.29 is 23.8 Å². The van der Waals surface area contributed by atoms with Crippen molar-refractivity contribution in [3.63, 3.8) is 0 Å². The van der Waals surface area contributed by atoms with Crippen molar-refractivity contribution in [1.82, 2.24) is 5.01 Å². The number of benzene rings is 3. The monoisotopic (exact) mass is 458 g/mol. The second-order valence-electron chi connectivity index (χ2n) is 7.64. The Morgan fingerprint density at radius 3 is 2.38 bits per heavy atom. The number of amides is 1. The number of para-hydroxylation sites is 1. The number of esters is 1. The van der Waals surface area contributed by atoms with E-state index in [2.05, 4.69) is 0 Å². The van der Waals surface area contributed by atoms with Gasteiger partial charge in [0.15, 0.2) is 6.61 Å². The number of rotatable bonds is 8. The van der Waals surface area contributed by atoms with Crippen LogP contribution in [-0.4, -0.2) is 42.9 Å². The predicted molar refractivity (Wildman–Crippen MR) is 128 cm³/mol. The average molecular weight is 459 g/mol. The summed E-state index contributed by atoms with van der Waals surface area (Å²) in [4.78, 5) is 25.3. The third-order valence-corrected chi connectivity index (χ3v) is 5.49. The van der Waals surface area contributed by atoms with E-state index in [4.69, 9.17) is 19.3 Å². The number of hydrazone groups is 1. The molecule has 7 heteroatoms. The third kappa shape index (κ3) is 5.09. The normalized spacial score (nSPS) is 14.9. The molecule has 1 unspecified atom stereocenters. The quantitative estimate of drug-likeness (QED) is 0.460. The van der Waals surface area contributed by atoms with Gasteiger partial charge in [0.05, 0.1) is 25.5 Å². The lowest BCUT2D eigenvalue weighted by Gasteiger charge is -2.24. The van der Waals surface area contributed by atoms with Gasteiger partial charge in [0, 0.05) is 17.5 Å². The second kappa shape index (κ2) is 10.7. The van der Waals surface area contributed by atoms with E-state index in [-0.39, 0.29) is 19.1 Å². The van der Waals surface area contributed by atoms with Crippen LogP contribution in [-0.2, 0) is 9.53 Å². The summed E-state index contributed by atoms with van der Waals surface area (Å²) in [6, 6.07) is 23.6.